The molecule has 0 aliphatic rings. The summed E-state index contributed by atoms with van der Waals surface area (Å²) in [4.78, 5) is 15.8. The summed E-state index contributed by atoms with van der Waals surface area (Å²) >= 11 is 0. The van der Waals surface area contributed by atoms with E-state index in [1.165, 1.54) is 0 Å². The number of unbranched alkanes of at least 4 members (excludes halogenated alkanes) is 1. The van der Waals surface area contributed by atoms with E-state index in [4.69, 9.17) is 16.0 Å². The lowest BCUT2D eigenvalue weighted by Crippen LogP contribution is -2.18. The molecule has 22 heavy (non-hydrogen) atoms. The first kappa shape index (κ1) is 16.2. The van der Waals surface area contributed by atoms with Gasteiger partial charge in [0.25, 0.3) is 5.91 Å². The van der Waals surface area contributed by atoms with Gasteiger partial charge in [-0.25, -0.2) is 0 Å². The van der Waals surface area contributed by atoms with Crippen LogP contribution in [0.5, 0.6) is 0 Å². The molecule has 0 spiro atoms. The highest BCUT2D eigenvalue weighted by Gasteiger charge is 2.21. The van der Waals surface area contributed by atoms with Gasteiger partial charge in [-0.1, -0.05) is 18.5 Å². The average Bonchev–Trinajstić information content (AvgIpc) is 2.96. The second-order valence-electron chi connectivity index (χ2n) is 5.35. The molecule has 2 aromatic rings. The number of aromatic nitrogens is 2. The van der Waals surface area contributed by atoms with E-state index in [1.807, 2.05) is 6.07 Å². The molecule has 0 saturated heterocycles. The number of pyridine rings is 1. The van der Waals surface area contributed by atoms with Crippen LogP contribution in [0.3, 0.4) is 0 Å². The van der Waals surface area contributed by atoms with Gasteiger partial charge in [-0.3, -0.25) is 9.78 Å². The van der Waals surface area contributed by atoms with Crippen LogP contribution < -0.4 is 11.5 Å². The minimum absolute atomic E-state index is 0.233. The van der Waals surface area contributed by atoms with Gasteiger partial charge in [-0.05, 0) is 31.4 Å². The highest BCUT2D eigenvalue weighted by atomic mass is 16.5. The number of primary amides is 1. The molecule has 6 nitrogen and oxygen atoms in total. The number of carbonyl (C=O) groups is 1. The lowest BCUT2D eigenvalue weighted by molar-refractivity contribution is 0.0999. The molecule has 0 radical (unpaired) electrons. The maximum Gasteiger partial charge on any atom is 0.254 e. The Morgan fingerprint density at radius 2 is 2.23 bits per heavy atom. The molecule has 118 valence electrons. The van der Waals surface area contributed by atoms with Crippen molar-refractivity contribution in [3.63, 3.8) is 0 Å². The van der Waals surface area contributed by atoms with Crippen LogP contribution in [0.15, 0.2) is 29.0 Å². The van der Waals surface area contributed by atoms with E-state index in [9.17, 15) is 4.79 Å². The number of carbonyl (C=O) groups excluding carboxylic acids is 1. The number of rotatable bonds is 8. The van der Waals surface area contributed by atoms with Crippen molar-refractivity contribution in [1.82, 2.24) is 10.1 Å². The molecule has 4 N–H and O–H groups in total. The zero-order valence-electron chi connectivity index (χ0n) is 12.8. The summed E-state index contributed by atoms with van der Waals surface area (Å²) < 4.78 is 5.34. The Labute approximate surface area is 129 Å². The molecule has 0 fully saturated rings. The summed E-state index contributed by atoms with van der Waals surface area (Å²) in [6.07, 6.45) is 7.72. The third kappa shape index (κ3) is 3.92. The first-order valence-corrected chi connectivity index (χ1v) is 7.57. The van der Waals surface area contributed by atoms with E-state index in [2.05, 4.69) is 17.1 Å². The van der Waals surface area contributed by atoms with Crippen LogP contribution in [0.1, 0.15) is 48.7 Å². The van der Waals surface area contributed by atoms with Gasteiger partial charge in [0.15, 0.2) is 0 Å². The lowest BCUT2D eigenvalue weighted by atomic mass is 10.0. The van der Waals surface area contributed by atoms with Crippen LogP contribution in [0.2, 0.25) is 0 Å². The monoisotopic (exact) mass is 302 g/mol. The lowest BCUT2D eigenvalue weighted by Gasteiger charge is -2.07. The Morgan fingerprint density at radius 1 is 1.41 bits per heavy atom. The average molecular weight is 302 g/mol. The normalized spacial score (nSPS) is 12.3. The quantitative estimate of drug-likeness (QED) is 0.727. The highest BCUT2D eigenvalue weighted by molar-refractivity contribution is 5.99. The fraction of sp³-hybridized carbons (Fsp3) is 0.438. The van der Waals surface area contributed by atoms with Crippen LogP contribution >= 0.6 is 0 Å². The molecule has 0 aromatic carbocycles. The third-order valence-corrected chi connectivity index (χ3v) is 3.70. The van der Waals surface area contributed by atoms with E-state index in [-0.39, 0.29) is 6.04 Å². The molecule has 6 heteroatoms. The van der Waals surface area contributed by atoms with E-state index >= 15 is 0 Å². The molecule has 0 bridgehead atoms. The van der Waals surface area contributed by atoms with Crippen molar-refractivity contribution in [3.05, 3.63) is 35.9 Å². The SMILES string of the molecule is CCC(N)CCCCc1onc(-c2cccnc2)c1C(N)=O. The number of amides is 1. The molecule has 0 aliphatic carbocycles. The Balaban J connectivity index is 2.09. The van der Waals surface area contributed by atoms with Gasteiger partial charge >= 0.3 is 0 Å². The predicted octanol–water partition coefficient (Wildman–Crippen LogP) is 2.29. The Morgan fingerprint density at radius 3 is 2.86 bits per heavy atom. The molecule has 2 rings (SSSR count). The Kier molecular flexibility index (Phi) is 5.66. The topological polar surface area (TPSA) is 108 Å². The largest absolute Gasteiger partial charge is 0.365 e. The fourth-order valence-corrected chi connectivity index (χ4v) is 2.34. The predicted molar refractivity (Wildman–Crippen MR) is 84.1 cm³/mol. The van der Waals surface area contributed by atoms with Crippen LogP contribution in [0.4, 0.5) is 0 Å². The van der Waals surface area contributed by atoms with Crippen molar-refractivity contribution in [2.24, 2.45) is 11.5 Å². The van der Waals surface area contributed by atoms with Gasteiger partial charge in [0.1, 0.15) is 17.0 Å². The van der Waals surface area contributed by atoms with Crippen molar-refractivity contribution in [1.29, 1.82) is 0 Å². The zero-order chi connectivity index (χ0) is 15.9. The summed E-state index contributed by atoms with van der Waals surface area (Å²) in [5, 5.41) is 4.00. The summed E-state index contributed by atoms with van der Waals surface area (Å²) in [6.45, 7) is 2.08. The summed E-state index contributed by atoms with van der Waals surface area (Å²) in [6, 6.07) is 3.83. The number of hydrogen-bond acceptors (Lipinski definition) is 5. The highest BCUT2D eigenvalue weighted by Crippen LogP contribution is 2.25. The van der Waals surface area contributed by atoms with E-state index in [0.717, 1.165) is 31.2 Å². The minimum atomic E-state index is -0.527. The fourth-order valence-electron chi connectivity index (χ4n) is 2.34. The zero-order valence-corrected chi connectivity index (χ0v) is 12.8. The Bertz CT molecular complexity index is 610. The van der Waals surface area contributed by atoms with E-state index in [0.29, 0.717) is 23.4 Å². The first-order chi connectivity index (χ1) is 10.6. The molecule has 0 aliphatic heterocycles. The molecule has 1 amide bonds. The van der Waals surface area contributed by atoms with Gasteiger partial charge < -0.3 is 16.0 Å². The third-order valence-electron chi connectivity index (χ3n) is 3.70. The van der Waals surface area contributed by atoms with Crippen LogP contribution in [0, 0.1) is 0 Å². The van der Waals surface area contributed by atoms with Gasteiger partial charge in [0, 0.05) is 30.4 Å². The minimum Gasteiger partial charge on any atom is -0.365 e. The summed E-state index contributed by atoms with van der Waals surface area (Å²) in [7, 11) is 0. The number of nitrogens with zero attached hydrogens (tertiary/aromatic N) is 2. The van der Waals surface area contributed by atoms with Crippen LogP contribution in [0.25, 0.3) is 11.3 Å². The molecule has 2 heterocycles. The molecular formula is C16H22N4O2. The van der Waals surface area contributed by atoms with Gasteiger partial charge in [-0.2, -0.15) is 0 Å². The van der Waals surface area contributed by atoms with Crippen molar-refractivity contribution in [3.8, 4) is 11.3 Å². The number of hydrogen-bond donors (Lipinski definition) is 2. The van der Waals surface area contributed by atoms with Gasteiger partial charge in [-0.15, -0.1) is 0 Å². The van der Waals surface area contributed by atoms with Crippen LogP contribution in [-0.2, 0) is 6.42 Å². The van der Waals surface area contributed by atoms with Crippen molar-refractivity contribution in [2.75, 3.05) is 0 Å². The van der Waals surface area contributed by atoms with E-state index < -0.39 is 5.91 Å². The van der Waals surface area contributed by atoms with E-state index in [1.54, 1.807) is 18.5 Å². The molecular weight excluding hydrogens is 280 g/mol. The molecule has 0 saturated carbocycles. The smallest absolute Gasteiger partial charge is 0.254 e. The maximum absolute atomic E-state index is 11.7. The second kappa shape index (κ2) is 7.70. The van der Waals surface area contributed by atoms with Gasteiger partial charge in [0.2, 0.25) is 0 Å². The van der Waals surface area contributed by atoms with Crippen LogP contribution in [-0.4, -0.2) is 22.1 Å². The van der Waals surface area contributed by atoms with Gasteiger partial charge in [0.05, 0.1) is 0 Å². The van der Waals surface area contributed by atoms with Crippen molar-refractivity contribution < 1.29 is 9.32 Å². The molecule has 1 unspecified atom stereocenters. The molecule has 2 aromatic heterocycles. The summed E-state index contributed by atoms with van der Waals surface area (Å²) in [5.74, 6) is 0.0109. The van der Waals surface area contributed by atoms with Crippen molar-refractivity contribution >= 4 is 5.91 Å². The first-order valence-electron chi connectivity index (χ1n) is 7.57. The standard InChI is InChI=1S/C16H22N4O2/c1-2-12(17)7-3-4-8-13-14(16(18)21)15(20-22-13)11-6-5-9-19-10-11/h5-6,9-10,12H,2-4,7-8,17H2,1H3,(H2,18,21). The molecule has 1 atom stereocenters. The van der Waals surface area contributed by atoms with Crippen molar-refractivity contribution in [2.45, 2.75) is 45.1 Å². The number of aryl methyl sites for hydroxylation is 1. The maximum atomic E-state index is 11.7. The second-order valence-corrected chi connectivity index (χ2v) is 5.35. The Hall–Kier alpha value is -2.21. The summed E-state index contributed by atoms with van der Waals surface area (Å²) in [5.41, 5.74) is 12.9. The number of nitrogens with two attached hydrogens (primary N) is 2.